The fraction of sp³-hybridized carbons (Fsp3) is 0.901. The van der Waals surface area contributed by atoms with Gasteiger partial charge in [-0.15, -0.1) is 0 Å². The van der Waals surface area contributed by atoms with Crippen LogP contribution in [0.5, 0.6) is 0 Å². The van der Waals surface area contributed by atoms with Gasteiger partial charge in [-0.3, -0.25) is 37.3 Å². The van der Waals surface area contributed by atoms with Crippen LogP contribution in [0.3, 0.4) is 0 Å². The summed E-state index contributed by atoms with van der Waals surface area (Å²) in [7, 11) is -9.93. The molecule has 100 heavy (non-hydrogen) atoms. The smallest absolute Gasteiger partial charge is 0.462 e. The van der Waals surface area contributed by atoms with Crippen LogP contribution in [0, 0.1) is 11.8 Å². The number of esters is 4. The minimum atomic E-state index is -4.97. The molecule has 3 N–H and O–H groups in total. The van der Waals surface area contributed by atoms with Crippen molar-refractivity contribution in [3.8, 4) is 0 Å². The van der Waals surface area contributed by atoms with E-state index in [1.165, 1.54) is 199 Å². The summed E-state index contributed by atoms with van der Waals surface area (Å²) in [5.41, 5.74) is 0. The van der Waals surface area contributed by atoms with Crippen LogP contribution in [-0.4, -0.2) is 96.7 Å². The molecule has 19 heteroatoms. The Morgan fingerprint density at radius 1 is 0.330 bits per heavy atom. The topological polar surface area (TPSA) is 237 Å². The number of hydrogen-bond donors (Lipinski definition) is 3. The number of unbranched alkanes of at least 4 members (excludes halogenated alkanes) is 44. The number of hydrogen-bond acceptors (Lipinski definition) is 15. The third kappa shape index (κ3) is 72.5. The Morgan fingerprint density at radius 3 is 0.900 bits per heavy atom. The molecule has 590 valence electrons. The van der Waals surface area contributed by atoms with E-state index in [0.29, 0.717) is 25.7 Å². The van der Waals surface area contributed by atoms with Gasteiger partial charge in [0.25, 0.3) is 0 Å². The number of phosphoric acid groups is 2. The van der Waals surface area contributed by atoms with Gasteiger partial charge in [0.05, 0.1) is 26.4 Å². The maximum absolute atomic E-state index is 13.1. The molecule has 6 atom stereocenters. The van der Waals surface area contributed by atoms with Gasteiger partial charge in [-0.1, -0.05) is 348 Å². The first-order valence-corrected chi connectivity index (χ1v) is 44.3. The number of carbonyl (C=O) groups is 4. The molecule has 3 unspecified atom stereocenters. The summed E-state index contributed by atoms with van der Waals surface area (Å²) in [5.74, 6) is -0.615. The third-order valence-electron chi connectivity index (χ3n) is 18.7. The minimum Gasteiger partial charge on any atom is -0.462 e. The minimum absolute atomic E-state index is 0.0843. The Kier molecular flexibility index (Phi) is 70.3. The van der Waals surface area contributed by atoms with Crippen LogP contribution in [0.4, 0.5) is 0 Å². The molecule has 0 fully saturated rings. The maximum atomic E-state index is 13.1. The molecule has 0 radical (unpaired) electrons. The van der Waals surface area contributed by atoms with Crippen LogP contribution in [0.2, 0.25) is 0 Å². The van der Waals surface area contributed by atoms with Crippen LogP contribution in [0.1, 0.15) is 401 Å². The normalized spacial score (nSPS) is 14.3. The van der Waals surface area contributed by atoms with Gasteiger partial charge < -0.3 is 33.8 Å². The van der Waals surface area contributed by atoms with Crippen molar-refractivity contribution in [2.24, 2.45) is 11.8 Å². The lowest BCUT2D eigenvalue weighted by atomic mass is 10.00. The molecule has 0 aliphatic heterocycles. The molecule has 0 saturated carbocycles. The Labute approximate surface area is 612 Å². The van der Waals surface area contributed by atoms with Crippen molar-refractivity contribution in [3.05, 3.63) is 24.3 Å². The van der Waals surface area contributed by atoms with Crippen molar-refractivity contribution in [3.63, 3.8) is 0 Å². The van der Waals surface area contributed by atoms with Gasteiger partial charge in [0, 0.05) is 25.7 Å². The first-order chi connectivity index (χ1) is 48.4. The number of rotatable bonds is 78. The van der Waals surface area contributed by atoms with Gasteiger partial charge in [-0.05, 0) is 63.2 Å². The summed E-state index contributed by atoms with van der Waals surface area (Å²) >= 11 is 0. The average Bonchev–Trinajstić information content (AvgIpc) is 0.951. The van der Waals surface area contributed by atoms with E-state index in [1.807, 2.05) is 0 Å². The quantitative estimate of drug-likeness (QED) is 0.0169. The van der Waals surface area contributed by atoms with Crippen LogP contribution in [0.25, 0.3) is 0 Å². The summed E-state index contributed by atoms with van der Waals surface area (Å²) in [5, 5.41) is 10.6. The van der Waals surface area contributed by atoms with E-state index in [1.54, 1.807) is 0 Å². The van der Waals surface area contributed by atoms with Gasteiger partial charge >= 0.3 is 39.5 Å². The van der Waals surface area contributed by atoms with Crippen molar-refractivity contribution in [1.82, 2.24) is 0 Å². The fourth-order valence-corrected chi connectivity index (χ4v) is 13.5. The van der Waals surface area contributed by atoms with Crippen molar-refractivity contribution >= 4 is 39.5 Å². The number of aliphatic hydroxyl groups excluding tert-OH is 1. The SMILES string of the molecule is CCCCCC/C=C\C=C/CCCCCCCC(=O)O[C@H](COC(=O)CCCCCCCCC(C)CC)COP(=O)(O)OC[C@H](O)COP(=O)(O)OC[C@@H](COC(=O)CCCCCCCCCCCCCCCCC(C)C)OC(=O)CCCCCCCCCCCCCCCCCCCC. The number of allylic oxidation sites excluding steroid dienone is 4. The third-order valence-corrected chi connectivity index (χ3v) is 20.6. The Hall–Kier alpha value is -2.46. The van der Waals surface area contributed by atoms with Crippen molar-refractivity contribution in [2.75, 3.05) is 39.6 Å². The molecule has 0 aliphatic rings. The average molecular weight is 1460 g/mol. The van der Waals surface area contributed by atoms with Crippen LogP contribution < -0.4 is 0 Å². The zero-order valence-electron chi connectivity index (χ0n) is 65.0. The van der Waals surface area contributed by atoms with E-state index in [0.717, 1.165) is 121 Å². The highest BCUT2D eigenvalue weighted by Crippen LogP contribution is 2.45. The number of carbonyl (C=O) groups excluding carboxylic acids is 4. The van der Waals surface area contributed by atoms with Gasteiger partial charge in [0.15, 0.2) is 12.2 Å². The monoisotopic (exact) mass is 1460 g/mol. The standard InChI is InChI=1S/C81H154O17P2/c1-7-10-12-14-16-18-20-22-24-25-26-28-34-38-42-46-54-60-65-80(85)97-76(69-91-78(83)63-57-51-44-40-36-32-30-29-31-35-39-43-49-55-61-73(4)5)71-95-99(87,88)93-67-75(82)68-94-100(89,90)96-72-77(70-92-79(84)64-58-52-48-47-50-56-62-74(6)9-3)98-81(86)66-59-53-45-41-37-33-27-23-21-19-17-15-13-11-8-2/h19,21,23,27,73-77,82H,7-18,20,22,24-26,28-72H2,1-6H3,(H,87,88)(H,89,90)/b21-19-,27-23-/t74?,75-,76-,77-/m1/s1. The van der Waals surface area contributed by atoms with E-state index in [-0.39, 0.29) is 25.7 Å². The largest absolute Gasteiger partial charge is 0.472 e. The Bertz CT molecular complexity index is 2020. The van der Waals surface area contributed by atoms with Crippen LogP contribution in [0.15, 0.2) is 24.3 Å². The molecule has 0 spiro atoms. The summed E-state index contributed by atoms with van der Waals surface area (Å²) in [4.78, 5) is 73.0. The lowest BCUT2D eigenvalue weighted by Crippen LogP contribution is -2.30. The molecule has 0 aromatic rings. The molecule has 17 nitrogen and oxygen atoms in total. The van der Waals surface area contributed by atoms with Crippen molar-refractivity contribution in [2.45, 2.75) is 419 Å². The Morgan fingerprint density at radius 2 is 0.590 bits per heavy atom. The maximum Gasteiger partial charge on any atom is 0.472 e. The first-order valence-electron chi connectivity index (χ1n) is 41.3. The zero-order chi connectivity index (χ0) is 73.5. The predicted octanol–water partition coefficient (Wildman–Crippen LogP) is 23.8. The van der Waals surface area contributed by atoms with E-state index in [9.17, 15) is 43.2 Å². The lowest BCUT2D eigenvalue weighted by Gasteiger charge is -2.21. The van der Waals surface area contributed by atoms with Gasteiger partial charge in [-0.25, -0.2) is 9.13 Å². The molecule has 0 amide bonds. The number of phosphoric ester groups is 2. The van der Waals surface area contributed by atoms with Crippen LogP contribution in [-0.2, 0) is 65.4 Å². The number of aliphatic hydroxyl groups is 1. The van der Waals surface area contributed by atoms with Gasteiger partial charge in [0.2, 0.25) is 0 Å². The summed E-state index contributed by atoms with van der Waals surface area (Å²) in [6, 6.07) is 0. The second-order valence-electron chi connectivity index (χ2n) is 29.2. The molecule has 0 saturated heterocycles. The van der Waals surface area contributed by atoms with E-state index < -0.39 is 97.5 Å². The lowest BCUT2D eigenvalue weighted by molar-refractivity contribution is -0.161. The molecule has 0 heterocycles. The molecular weight excluding hydrogens is 1310 g/mol. The van der Waals surface area contributed by atoms with Crippen molar-refractivity contribution in [1.29, 1.82) is 0 Å². The highest BCUT2D eigenvalue weighted by Gasteiger charge is 2.30. The molecule has 0 aromatic heterocycles. The van der Waals surface area contributed by atoms with E-state index in [4.69, 9.17) is 37.0 Å². The predicted molar refractivity (Wildman–Crippen MR) is 409 cm³/mol. The summed E-state index contributed by atoms with van der Waals surface area (Å²) in [6.45, 7) is 9.55. The number of ether oxygens (including phenoxy) is 4. The summed E-state index contributed by atoms with van der Waals surface area (Å²) in [6.07, 6.45) is 64.6. The first kappa shape index (κ1) is 97.5. The molecular formula is C81H154O17P2. The second kappa shape index (κ2) is 72.1. The fourth-order valence-electron chi connectivity index (χ4n) is 12.0. The highest BCUT2D eigenvalue weighted by atomic mass is 31.2. The second-order valence-corrected chi connectivity index (χ2v) is 32.1. The molecule has 0 bridgehead atoms. The zero-order valence-corrected chi connectivity index (χ0v) is 66.8. The molecule has 0 aromatic carbocycles. The van der Waals surface area contributed by atoms with Gasteiger partial charge in [-0.2, -0.15) is 0 Å². The van der Waals surface area contributed by atoms with Crippen molar-refractivity contribution < 1.29 is 80.2 Å². The molecule has 0 aliphatic carbocycles. The molecule has 0 rings (SSSR count). The highest BCUT2D eigenvalue weighted by molar-refractivity contribution is 7.47. The summed E-state index contributed by atoms with van der Waals surface area (Å²) < 4.78 is 68.7. The van der Waals surface area contributed by atoms with E-state index in [2.05, 4.69) is 65.8 Å². The van der Waals surface area contributed by atoms with E-state index >= 15 is 0 Å². The van der Waals surface area contributed by atoms with Gasteiger partial charge in [0.1, 0.15) is 19.3 Å². The Balaban J connectivity index is 5.28. The van der Waals surface area contributed by atoms with Crippen LogP contribution >= 0.6 is 15.6 Å².